The Labute approximate surface area is 86.1 Å². The molecule has 0 amide bonds. The summed E-state index contributed by atoms with van der Waals surface area (Å²) >= 11 is 0. The zero-order valence-corrected chi connectivity index (χ0v) is 9.20. The third-order valence-corrected chi connectivity index (χ3v) is 2.45. The SMILES string of the molecule is CCN(CC)CCCC[C@H](N)C(=O)O. The topological polar surface area (TPSA) is 66.6 Å². The molecule has 4 nitrogen and oxygen atoms in total. The summed E-state index contributed by atoms with van der Waals surface area (Å²) < 4.78 is 0. The van der Waals surface area contributed by atoms with Crippen LogP contribution >= 0.6 is 0 Å². The Hall–Kier alpha value is -0.610. The normalized spacial score (nSPS) is 13.1. The van der Waals surface area contributed by atoms with Crippen LogP contribution in [0.2, 0.25) is 0 Å². The first-order valence-corrected chi connectivity index (χ1v) is 5.32. The van der Waals surface area contributed by atoms with Crippen molar-refractivity contribution in [1.29, 1.82) is 0 Å². The van der Waals surface area contributed by atoms with E-state index in [1.54, 1.807) is 0 Å². The van der Waals surface area contributed by atoms with Crippen molar-refractivity contribution in [3.63, 3.8) is 0 Å². The lowest BCUT2D eigenvalue weighted by Gasteiger charge is -2.17. The molecule has 1 atom stereocenters. The molecule has 0 unspecified atom stereocenters. The van der Waals surface area contributed by atoms with Crippen molar-refractivity contribution in [1.82, 2.24) is 4.90 Å². The summed E-state index contributed by atoms with van der Waals surface area (Å²) in [5, 5.41) is 8.55. The first-order chi connectivity index (χ1) is 6.61. The molecule has 0 aliphatic carbocycles. The lowest BCUT2D eigenvalue weighted by Crippen LogP contribution is -2.30. The van der Waals surface area contributed by atoms with Gasteiger partial charge < -0.3 is 15.7 Å². The number of rotatable bonds is 8. The van der Waals surface area contributed by atoms with E-state index in [-0.39, 0.29) is 0 Å². The van der Waals surface area contributed by atoms with E-state index < -0.39 is 12.0 Å². The molecule has 4 heteroatoms. The van der Waals surface area contributed by atoms with E-state index in [0.717, 1.165) is 32.5 Å². The Morgan fingerprint density at radius 1 is 1.36 bits per heavy atom. The van der Waals surface area contributed by atoms with Crippen molar-refractivity contribution in [2.24, 2.45) is 5.73 Å². The van der Waals surface area contributed by atoms with E-state index in [0.29, 0.717) is 6.42 Å². The molecule has 0 spiro atoms. The van der Waals surface area contributed by atoms with Crippen LogP contribution in [0.5, 0.6) is 0 Å². The minimum atomic E-state index is -0.896. The third-order valence-electron chi connectivity index (χ3n) is 2.45. The summed E-state index contributed by atoms with van der Waals surface area (Å²) in [6.45, 7) is 7.42. The molecule has 0 heterocycles. The molecule has 0 aromatic heterocycles. The second-order valence-corrected chi connectivity index (χ2v) is 3.47. The highest BCUT2D eigenvalue weighted by atomic mass is 16.4. The summed E-state index contributed by atoms with van der Waals surface area (Å²) in [5.74, 6) is -0.896. The van der Waals surface area contributed by atoms with Gasteiger partial charge in [-0.05, 0) is 32.5 Å². The highest BCUT2D eigenvalue weighted by Crippen LogP contribution is 2.01. The average molecular weight is 202 g/mol. The Morgan fingerprint density at radius 3 is 2.36 bits per heavy atom. The summed E-state index contributed by atoms with van der Waals surface area (Å²) in [4.78, 5) is 12.7. The number of carbonyl (C=O) groups is 1. The van der Waals surface area contributed by atoms with Crippen LogP contribution < -0.4 is 5.73 Å². The Morgan fingerprint density at radius 2 is 1.93 bits per heavy atom. The molecule has 3 N–H and O–H groups in total. The number of nitrogens with two attached hydrogens (primary N) is 1. The van der Waals surface area contributed by atoms with Crippen molar-refractivity contribution >= 4 is 5.97 Å². The largest absolute Gasteiger partial charge is 0.480 e. The van der Waals surface area contributed by atoms with Gasteiger partial charge in [0.05, 0.1) is 0 Å². The van der Waals surface area contributed by atoms with Crippen LogP contribution in [0.3, 0.4) is 0 Å². The van der Waals surface area contributed by atoms with Crippen molar-refractivity contribution in [2.45, 2.75) is 39.2 Å². The van der Waals surface area contributed by atoms with E-state index in [4.69, 9.17) is 10.8 Å². The van der Waals surface area contributed by atoms with Crippen LogP contribution in [0, 0.1) is 0 Å². The molecule has 0 aliphatic heterocycles. The Kier molecular flexibility index (Phi) is 7.42. The zero-order chi connectivity index (χ0) is 11.0. The monoisotopic (exact) mass is 202 g/mol. The lowest BCUT2D eigenvalue weighted by molar-refractivity contribution is -0.138. The van der Waals surface area contributed by atoms with Gasteiger partial charge in [0.1, 0.15) is 6.04 Å². The predicted molar refractivity (Wildman–Crippen MR) is 57.3 cm³/mol. The van der Waals surface area contributed by atoms with Crippen molar-refractivity contribution in [2.75, 3.05) is 19.6 Å². The molecule has 0 rings (SSSR count). The number of hydrogen-bond acceptors (Lipinski definition) is 3. The maximum absolute atomic E-state index is 10.4. The first kappa shape index (κ1) is 13.4. The molecule has 0 radical (unpaired) electrons. The van der Waals surface area contributed by atoms with Crippen LogP contribution in [-0.4, -0.2) is 41.7 Å². The molecule has 0 saturated carbocycles. The molecule has 0 bridgehead atoms. The van der Waals surface area contributed by atoms with E-state index in [1.807, 2.05) is 0 Å². The lowest BCUT2D eigenvalue weighted by atomic mass is 10.1. The summed E-state index contributed by atoms with van der Waals surface area (Å²) in [6, 6.07) is -0.688. The van der Waals surface area contributed by atoms with E-state index in [1.165, 1.54) is 0 Å². The number of hydrogen-bond donors (Lipinski definition) is 2. The maximum atomic E-state index is 10.4. The van der Waals surface area contributed by atoms with E-state index >= 15 is 0 Å². The molecular formula is C10H22N2O2. The van der Waals surface area contributed by atoms with Gasteiger partial charge in [0.15, 0.2) is 0 Å². The Bertz CT molecular complexity index is 158. The molecule has 0 aromatic carbocycles. The molecule has 14 heavy (non-hydrogen) atoms. The van der Waals surface area contributed by atoms with E-state index in [9.17, 15) is 4.79 Å². The van der Waals surface area contributed by atoms with Crippen molar-refractivity contribution in [3.8, 4) is 0 Å². The van der Waals surface area contributed by atoms with Gasteiger partial charge in [-0.25, -0.2) is 0 Å². The van der Waals surface area contributed by atoms with Gasteiger partial charge in [-0.3, -0.25) is 4.79 Å². The minimum Gasteiger partial charge on any atom is -0.480 e. The zero-order valence-electron chi connectivity index (χ0n) is 9.20. The van der Waals surface area contributed by atoms with Crippen LogP contribution in [-0.2, 0) is 4.79 Å². The smallest absolute Gasteiger partial charge is 0.320 e. The first-order valence-electron chi connectivity index (χ1n) is 5.32. The van der Waals surface area contributed by atoms with Gasteiger partial charge in [0.2, 0.25) is 0 Å². The number of carboxylic acids is 1. The summed E-state index contributed by atoms with van der Waals surface area (Å²) in [7, 11) is 0. The van der Waals surface area contributed by atoms with Crippen LogP contribution in [0.4, 0.5) is 0 Å². The van der Waals surface area contributed by atoms with Crippen LogP contribution in [0.25, 0.3) is 0 Å². The highest BCUT2D eigenvalue weighted by molar-refractivity contribution is 5.72. The molecule has 84 valence electrons. The standard InChI is InChI=1S/C10H22N2O2/c1-3-12(4-2)8-6-5-7-9(11)10(13)14/h9H,3-8,11H2,1-2H3,(H,13,14)/t9-/m0/s1. The highest BCUT2D eigenvalue weighted by Gasteiger charge is 2.10. The van der Waals surface area contributed by atoms with E-state index in [2.05, 4.69) is 18.7 Å². The Balaban J connectivity index is 3.41. The number of unbranched alkanes of at least 4 members (excludes halogenated alkanes) is 1. The van der Waals surface area contributed by atoms with Crippen molar-refractivity contribution in [3.05, 3.63) is 0 Å². The quantitative estimate of drug-likeness (QED) is 0.574. The van der Waals surface area contributed by atoms with Crippen LogP contribution in [0.1, 0.15) is 33.1 Å². The second-order valence-electron chi connectivity index (χ2n) is 3.47. The maximum Gasteiger partial charge on any atom is 0.320 e. The van der Waals surface area contributed by atoms with Gasteiger partial charge in [-0.15, -0.1) is 0 Å². The fourth-order valence-corrected chi connectivity index (χ4v) is 1.36. The molecule has 0 saturated heterocycles. The van der Waals surface area contributed by atoms with Crippen LogP contribution in [0.15, 0.2) is 0 Å². The molecular weight excluding hydrogens is 180 g/mol. The summed E-state index contributed by atoms with van der Waals surface area (Å²) in [6.07, 6.45) is 2.50. The molecule has 0 aromatic rings. The fourth-order valence-electron chi connectivity index (χ4n) is 1.36. The molecule has 0 fully saturated rings. The third kappa shape index (κ3) is 5.94. The van der Waals surface area contributed by atoms with Gasteiger partial charge in [-0.1, -0.05) is 20.3 Å². The number of carboxylic acid groups (broad SMARTS) is 1. The number of nitrogens with zero attached hydrogens (tertiary/aromatic N) is 1. The second kappa shape index (κ2) is 7.76. The fraction of sp³-hybridized carbons (Fsp3) is 0.900. The van der Waals surface area contributed by atoms with Gasteiger partial charge >= 0.3 is 5.97 Å². The van der Waals surface area contributed by atoms with Gasteiger partial charge in [0.25, 0.3) is 0 Å². The predicted octanol–water partition coefficient (Wildman–Crippen LogP) is 0.910. The van der Waals surface area contributed by atoms with Gasteiger partial charge in [0, 0.05) is 0 Å². The average Bonchev–Trinajstić information content (AvgIpc) is 2.17. The molecule has 0 aliphatic rings. The summed E-state index contributed by atoms with van der Waals surface area (Å²) in [5.41, 5.74) is 5.39. The van der Waals surface area contributed by atoms with Gasteiger partial charge in [-0.2, -0.15) is 0 Å². The van der Waals surface area contributed by atoms with Crippen molar-refractivity contribution < 1.29 is 9.90 Å². The number of aliphatic carboxylic acids is 1. The minimum absolute atomic E-state index is 0.580.